The van der Waals surface area contributed by atoms with Crippen LogP contribution in [0.3, 0.4) is 0 Å². The molecule has 3 heterocycles. The number of nitrogens with zero attached hydrogens (tertiary/aromatic N) is 3. The number of nitrogens with one attached hydrogen (secondary N) is 2. The molecule has 0 bridgehead atoms. The number of piperidine rings is 1. The molecule has 7 nitrogen and oxygen atoms in total. The van der Waals surface area contributed by atoms with Gasteiger partial charge in [-0.2, -0.15) is 5.10 Å². The normalized spacial score (nSPS) is 16.7. The molecule has 1 fully saturated rings. The number of benzene rings is 1. The molecule has 152 valence electrons. The molecule has 4 rings (SSSR count). The number of esters is 1. The number of anilines is 2. The maximum Gasteiger partial charge on any atom is 0.340 e. The Morgan fingerprint density at radius 1 is 1.41 bits per heavy atom. The van der Waals surface area contributed by atoms with Crippen LogP contribution in [0.15, 0.2) is 36.7 Å². The predicted molar refractivity (Wildman–Crippen MR) is 109 cm³/mol. The zero-order valence-electron chi connectivity index (χ0n) is 16.3. The highest BCUT2D eigenvalue weighted by atomic mass is 19.1. The van der Waals surface area contributed by atoms with Crippen LogP contribution >= 0.6 is 0 Å². The smallest absolute Gasteiger partial charge is 0.340 e. The van der Waals surface area contributed by atoms with Crippen molar-refractivity contribution in [2.45, 2.75) is 25.8 Å². The largest absolute Gasteiger partial charge is 0.465 e. The Kier molecular flexibility index (Phi) is 5.71. The molecule has 29 heavy (non-hydrogen) atoms. The average molecular weight is 397 g/mol. The second-order valence-electron chi connectivity index (χ2n) is 7.27. The Labute approximate surface area is 168 Å². The second-order valence-corrected chi connectivity index (χ2v) is 7.27. The van der Waals surface area contributed by atoms with E-state index in [-0.39, 0.29) is 5.82 Å². The first-order valence-electron chi connectivity index (χ1n) is 9.82. The summed E-state index contributed by atoms with van der Waals surface area (Å²) in [6.45, 7) is 2.85. The van der Waals surface area contributed by atoms with Gasteiger partial charge in [-0.3, -0.25) is 9.67 Å². The molecule has 1 aromatic carbocycles. The molecule has 1 saturated heterocycles. The quantitative estimate of drug-likeness (QED) is 0.620. The Morgan fingerprint density at radius 2 is 2.31 bits per heavy atom. The van der Waals surface area contributed by atoms with Gasteiger partial charge in [-0.15, -0.1) is 0 Å². The maximum atomic E-state index is 13.9. The molecule has 1 atom stereocenters. The van der Waals surface area contributed by atoms with E-state index in [4.69, 9.17) is 4.74 Å². The molecule has 0 aliphatic carbocycles. The van der Waals surface area contributed by atoms with Crippen LogP contribution in [0.4, 0.5) is 15.9 Å². The summed E-state index contributed by atoms with van der Waals surface area (Å²) >= 11 is 0. The summed E-state index contributed by atoms with van der Waals surface area (Å²) in [7, 11) is 1.33. The molecule has 0 amide bonds. The fraction of sp³-hybridized carbons (Fsp3) is 0.381. The van der Waals surface area contributed by atoms with Crippen LogP contribution in [0.5, 0.6) is 0 Å². The lowest BCUT2D eigenvalue weighted by atomic mass is 9.96. The molecule has 0 spiro atoms. The number of aryl methyl sites for hydroxylation is 1. The highest BCUT2D eigenvalue weighted by Gasteiger charge is 2.18. The standard InChI is InChI=1S/C21H24FN5O2/c1-29-21(28)16-6-9-24-13-18(16)25-20-17-11-15(22)4-5-19(17)27(26-20)10-7-14-3-2-8-23-12-14/h4-6,9,11,13-14,23H,2-3,7-8,10,12H2,1H3,(H,25,26). The van der Waals surface area contributed by atoms with E-state index < -0.39 is 5.97 Å². The molecular formula is C21H24FN5O2. The third-order valence-electron chi connectivity index (χ3n) is 5.34. The summed E-state index contributed by atoms with van der Waals surface area (Å²) in [6.07, 6.45) is 6.46. The molecular weight excluding hydrogens is 373 g/mol. The van der Waals surface area contributed by atoms with Crippen molar-refractivity contribution in [1.82, 2.24) is 20.1 Å². The van der Waals surface area contributed by atoms with Gasteiger partial charge in [0.15, 0.2) is 5.82 Å². The number of ether oxygens (including phenoxy) is 1. The number of pyridine rings is 1. The van der Waals surface area contributed by atoms with Crippen molar-refractivity contribution in [2.75, 3.05) is 25.5 Å². The Morgan fingerprint density at radius 3 is 3.10 bits per heavy atom. The number of carbonyl (C=O) groups excluding carboxylic acids is 1. The summed E-state index contributed by atoms with van der Waals surface area (Å²) < 4.78 is 20.7. The minimum Gasteiger partial charge on any atom is -0.465 e. The SMILES string of the molecule is COC(=O)c1ccncc1Nc1nn(CCC2CCCNC2)c2ccc(F)cc12. The van der Waals surface area contributed by atoms with Gasteiger partial charge in [-0.1, -0.05) is 0 Å². The number of fused-ring (bicyclic) bond motifs is 1. The summed E-state index contributed by atoms with van der Waals surface area (Å²) in [5.41, 5.74) is 1.66. The molecule has 0 saturated carbocycles. The highest BCUT2D eigenvalue weighted by Crippen LogP contribution is 2.29. The lowest BCUT2D eigenvalue weighted by Crippen LogP contribution is -2.30. The number of rotatable bonds is 6. The van der Waals surface area contributed by atoms with Crippen LogP contribution in [0.2, 0.25) is 0 Å². The lowest BCUT2D eigenvalue weighted by molar-refractivity contribution is 0.0602. The maximum absolute atomic E-state index is 13.9. The summed E-state index contributed by atoms with van der Waals surface area (Å²) in [4.78, 5) is 16.1. The minimum absolute atomic E-state index is 0.337. The summed E-state index contributed by atoms with van der Waals surface area (Å²) in [6, 6.07) is 6.21. The van der Waals surface area contributed by atoms with E-state index in [1.54, 1.807) is 12.1 Å². The van der Waals surface area contributed by atoms with Crippen molar-refractivity contribution in [3.8, 4) is 0 Å². The van der Waals surface area contributed by atoms with Crippen molar-refractivity contribution in [1.29, 1.82) is 0 Å². The van der Waals surface area contributed by atoms with Crippen LogP contribution in [-0.2, 0) is 11.3 Å². The third kappa shape index (κ3) is 4.22. The fourth-order valence-corrected chi connectivity index (χ4v) is 3.80. The Hall–Kier alpha value is -3.00. The first-order valence-corrected chi connectivity index (χ1v) is 9.82. The van der Waals surface area contributed by atoms with Gasteiger partial charge in [0.1, 0.15) is 5.82 Å². The van der Waals surface area contributed by atoms with Gasteiger partial charge in [0.05, 0.1) is 30.1 Å². The van der Waals surface area contributed by atoms with Gasteiger partial charge in [0.25, 0.3) is 0 Å². The van der Waals surface area contributed by atoms with Gasteiger partial charge in [-0.25, -0.2) is 9.18 Å². The van der Waals surface area contributed by atoms with E-state index in [2.05, 4.69) is 20.7 Å². The average Bonchev–Trinajstić information content (AvgIpc) is 3.09. The number of carbonyl (C=O) groups is 1. The monoisotopic (exact) mass is 397 g/mol. The molecule has 1 aliphatic heterocycles. The highest BCUT2D eigenvalue weighted by molar-refractivity contribution is 5.98. The zero-order valence-corrected chi connectivity index (χ0v) is 16.3. The number of aromatic nitrogens is 3. The molecule has 8 heteroatoms. The van der Waals surface area contributed by atoms with Crippen LogP contribution in [-0.4, -0.2) is 40.9 Å². The van der Waals surface area contributed by atoms with Gasteiger partial charge in [0.2, 0.25) is 0 Å². The Bertz CT molecular complexity index is 1010. The van der Waals surface area contributed by atoms with E-state index in [1.807, 2.05) is 4.68 Å². The number of hydrogen-bond donors (Lipinski definition) is 2. The van der Waals surface area contributed by atoms with Crippen molar-refractivity contribution in [3.05, 3.63) is 48.0 Å². The van der Waals surface area contributed by atoms with Gasteiger partial charge in [-0.05, 0) is 62.5 Å². The fourth-order valence-electron chi connectivity index (χ4n) is 3.80. The third-order valence-corrected chi connectivity index (χ3v) is 5.34. The van der Waals surface area contributed by atoms with E-state index in [1.165, 1.54) is 44.5 Å². The second kappa shape index (κ2) is 8.57. The van der Waals surface area contributed by atoms with Crippen LogP contribution in [0.25, 0.3) is 10.9 Å². The zero-order chi connectivity index (χ0) is 20.2. The molecule has 1 aliphatic rings. The first kappa shape index (κ1) is 19.3. The molecule has 2 aromatic heterocycles. The number of methoxy groups -OCH3 is 1. The van der Waals surface area contributed by atoms with Crippen molar-refractivity contribution in [3.63, 3.8) is 0 Å². The molecule has 1 unspecified atom stereocenters. The van der Waals surface area contributed by atoms with Gasteiger partial charge in [0, 0.05) is 18.1 Å². The number of hydrogen-bond acceptors (Lipinski definition) is 6. The molecule has 3 aromatic rings. The lowest BCUT2D eigenvalue weighted by Gasteiger charge is -2.22. The predicted octanol–water partition coefficient (Wildman–Crippen LogP) is 3.49. The van der Waals surface area contributed by atoms with Crippen LogP contribution < -0.4 is 10.6 Å². The van der Waals surface area contributed by atoms with Crippen molar-refractivity contribution in [2.24, 2.45) is 5.92 Å². The topological polar surface area (TPSA) is 81.1 Å². The molecule has 0 radical (unpaired) electrons. The van der Waals surface area contributed by atoms with Crippen LogP contribution in [0, 0.1) is 11.7 Å². The Balaban J connectivity index is 1.64. The van der Waals surface area contributed by atoms with Gasteiger partial charge < -0.3 is 15.4 Å². The van der Waals surface area contributed by atoms with Crippen LogP contribution in [0.1, 0.15) is 29.6 Å². The van der Waals surface area contributed by atoms with E-state index >= 15 is 0 Å². The summed E-state index contributed by atoms with van der Waals surface area (Å²) in [5, 5.41) is 11.9. The number of halogens is 1. The summed E-state index contributed by atoms with van der Waals surface area (Å²) in [5.74, 6) is 0.286. The van der Waals surface area contributed by atoms with E-state index in [0.717, 1.165) is 31.6 Å². The minimum atomic E-state index is -0.477. The van der Waals surface area contributed by atoms with E-state index in [9.17, 15) is 9.18 Å². The van der Waals surface area contributed by atoms with Crippen molar-refractivity contribution >= 4 is 28.4 Å². The van der Waals surface area contributed by atoms with Crippen molar-refractivity contribution < 1.29 is 13.9 Å². The first-order chi connectivity index (χ1) is 14.2. The van der Waals surface area contributed by atoms with Gasteiger partial charge >= 0.3 is 5.97 Å². The van der Waals surface area contributed by atoms with E-state index in [0.29, 0.717) is 28.4 Å². The molecule has 2 N–H and O–H groups in total.